The van der Waals surface area contributed by atoms with Gasteiger partial charge in [-0.15, -0.1) is 0 Å². The minimum atomic E-state index is -0.532. The second-order valence-electron chi connectivity index (χ2n) is 6.70. The Labute approximate surface area is 142 Å². The number of ether oxygens (including phenoxy) is 3. The van der Waals surface area contributed by atoms with E-state index in [4.69, 9.17) is 14.2 Å². The summed E-state index contributed by atoms with van der Waals surface area (Å²) in [5.74, 6) is -0.373. The van der Waals surface area contributed by atoms with Crippen LogP contribution in [-0.4, -0.2) is 37.9 Å². The third kappa shape index (κ3) is 4.71. The first-order chi connectivity index (χ1) is 11.3. The molecule has 24 heavy (non-hydrogen) atoms. The van der Waals surface area contributed by atoms with Gasteiger partial charge in [-0.25, -0.2) is 9.59 Å². The summed E-state index contributed by atoms with van der Waals surface area (Å²) in [6.45, 7) is 6.43. The maximum atomic E-state index is 12.0. The van der Waals surface area contributed by atoms with Gasteiger partial charge in [0.2, 0.25) is 0 Å². The molecule has 1 aliphatic rings. The standard InChI is InChI=1S/C18H25NO5/c1-18(2,3)24-17(21)19-10-8-14-15-12(9-11-23-14)6-5-7-13(15)16(20)22-4/h5-7,14H,8-11H2,1-4H3,(H,19,21). The van der Waals surface area contributed by atoms with Crippen LogP contribution in [0, 0.1) is 0 Å². The molecule has 2 rings (SSSR count). The predicted octanol–water partition coefficient (Wildman–Crippen LogP) is 3.00. The van der Waals surface area contributed by atoms with E-state index in [9.17, 15) is 9.59 Å². The van der Waals surface area contributed by atoms with Crippen molar-refractivity contribution in [2.75, 3.05) is 20.3 Å². The van der Waals surface area contributed by atoms with E-state index in [-0.39, 0.29) is 12.1 Å². The summed E-state index contributed by atoms with van der Waals surface area (Å²) < 4.78 is 15.9. The first-order valence-corrected chi connectivity index (χ1v) is 8.10. The number of esters is 1. The smallest absolute Gasteiger partial charge is 0.407 e. The van der Waals surface area contributed by atoms with Crippen LogP contribution in [0.5, 0.6) is 0 Å². The van der Waals surface area contributed by atoms with Crippen LogP contribution in [0.15, 0.2) is 18.2 Å². The maximum Gasteiger partial charge on any atom is 0.407 e. The molecular weight excluding hydrogens is 310 g/mol. The minimum Gasteiger partial charge on any atom is -0.465 e. The number of alkyl carbamates (subject to hydrolysis) is 1. The largest absolute Gasteiger partial charge is 0.465 e. The van der Waals surface area contributed by atoms with Gasteiger partial charge in [0, 0.05) is 6.54 Å². The van der Waals surface area contributed by atoms with E-state index in [0.29, 0.717) is 25.1 Å². The number of fused-ring (bicyclic) bond motifs is 1. The topological polar surface area (TPSA) is 73.9 Å². The van der Waals surface area contributed by atoms with Crippen LogP contribution in [0.2, 0.25) is 0 Å². The predicted molar refractivity (Wildman–Crippen MR) is 89.0 cm³/mol. The molecule has 0 radical (unpaired) electrons. The molecule has 1 aromatic rings. The Balaban J connectivity index is 2.04. The molecular formula is C18H25NO5. The van der Waals surface area contributed by atoms with Gasteiger partial charge in [-0.05, 0) is 50.8 Å². The minimum absolute atomic E-state index is 0.251. The lowest BCUT2D eigenvalue weighted by Crippen LogP contribution is -2.34. The van der Waals surface area contributed by atoms with Crippen LogP contribution in [0.4, 0.5) is 4.79 Å². The van der Waals surface area contributed by atoms with Crippen molar-refractivity contribution >= 4 is 12.1 Å². The van der Waals surface area contributed by atoms with Crippen LogP contribution in [-0.2, 0) is 20.6 Å². The van der Waals surface area contributed by atoms with Crippen LogP contribution in [0.1, 0.15) is 54.8 Å². The number of carbonyl (C=O) groups excluding carboxylic acids is 2. The van der Waals surface area contributed by atoms with Crippen molar-refractivity contribution in [3.8, 4) is 0 Å². The van der Waals surface area contributed by atoms with Crippen LogP contribution < -0.4 is 5.32 Å². The molecule has 132 valence electrons. The monoisotopic (exact) mass is 335 g/mol. The van der Waals surface area contributed by atoms with Crippen molar-refractivity contribution in [1.29, 1.82) is 0 Å². The average Bonchev–Trinajstić information content (AvgIpc) is 2.52. The molecule has 0 aliphatic carbocycles. The number of hydrogen-bond donors (Lipinski definition) is 1. The summed E-state index contributed by atoms with van der Waals surface area (Å²) in [7, 11) is 1.37. The van der Waals surface area contributed by atoms with Gasteiger partial charge >= 0.3 is 12.1 Å². The Kier molecular flexibility index (Phi) is 5.83. The van der Waals surface area contributed by atoms with E-state index in [2.05, 4.69) is 5.32 Å². The molecule has 6 heteroatoms. The Bertz CT molecular complexity index is 606. The number of benzene rings is 1. The Morgan fingerprint density at radius 3 is 2.75 bits per heavy atom. The Hall–Kier alpha value is -2.08. The third-order valence-corrected chi connectivity index (χ3v) is 3.69. The Morgan fingerprint density at radius 2 is 2.08 bits per heavy atom. The molecule has 0 bridgehead atoms. The van der Waals surface area contributed by atoms with Crippen molar-refractivity contribution in [2.24, 2.45) is 0 Å². The quantitative estimate of drug-likeness (QED) is 0.856. The zero-order chi connectivity index (χ0) is 17.7. The highest BCUT2D eigenvalue weighted by atomic mass is 16.6. The summed E-state index contributed by atoms with van der Waals surface area (Å²) in [4.78, 5) is 23.7. The number of amides is 1. The third-order valence-electron chi connectivity index (χ3n) is 3.69. The van der Waals surface area contributed by atoms with Crippen molar-refractivity contribution in [1.82, 2.24) is 5.32 Å². The molecule has 1 aromatic carbocycles. The molecule has 1 amide bonds. The average molecular weight is 335 g/mol. The summed E-state index contributed by atoms with van der Waals surface area (Å²) in [6.07, 6.45) is 0.606. The van der Waals surface area contributed by atoms with E-state index in [1.807, 2.05) is 32.9 Å². The van der Waals surface area contributed by atoms with E-state index in [1.165, 1.54) is 7.11 Å². The van der Waals surface area contributed by atoms with Gasteiger partial charge in [0.05, 0.1) is 25.4 Å². The van der Waals surface area contributed by atoms with Gasteiger partial charge in [-0.3, -0.25) is 0 Å². The zero-order valence-corrected chi connectivity index (χ0v) is 14.7. The zero-order valence-electron chi connectivity index (χ0n) is 14.7. The van der Waals surface area contributed by atoms with E-state index in [1.54, 1.807) is 6.07 Å². The maximum absolute atomic E-state index is 12.0. The van der Waals surface area contributed by atoms with Gasteiger partial charge in [0.15, 0.2) is 0 Å². The summed E-state index contributed by atoms with van der Waals surface area (Å²) in [5.41, 5.74) is 1.95. The number of nitrogens with one attached hydrogen (secondary N) is 1. The lowest BCUT2D eigenvalue weighted by atomic mass is 9.91. The molecule has 1 heterocycles. The fourth-order valence-corrected chi connectivity index (χ4v) is 2.74. The van der Waals surface area contributed by atoms with Crippen LogP contribution >= 0.6 is 0 Å². The molecule has 1 atom stereocenters. The van der Waals surface area contributed by atoms with Crippen molar-refractivity contribution in [3.63, 3.8) is 0 Å². The highest BCUT2D eigenvalue weighted by Gasteiger charge is 2.27. The number of hydrogen-bond acceptors (Lipinski definition) is 5. The van der Waals surface area contributed by atoms with Crippen molar-refractivity contribution in [2.45, 2.75) is 45.3 Å². The highest BCUT2D eigenvalue weighted by Crippen LogP contribution is 2.32. The van der Waals surface area contributed by atoms with Gasteiger partial charge < -0.3 is 19.5 Å². The molecule has 1 unspecified atom stereocenters. The molecule has 1 N–H and O–H groups in total. The van der Waals surface area contributed by atoms with E-state index >= 15 is 0 Å². The van der Waals surface area contributed by atoms with E-state index < -0.39 is 11.7 Å². The molecule has 1 aliphatic heterocycles. The number of carbonyl (C=O) groups is 2. The normalized spacial score (nSPS) is 16.9. The second kappa shape index (κ2) is 7.66. The molecule has 0 fully saturated rings. The van der Waals surface area contributed by atoms with Gasteiger partial charge in [-0.1, -0.05) is 12.1 Å². The molecule has 0 saturated carbocycles. The summed E-state index contributed by atoms with van der Waals surface area (Å²) >= 11 is 0. The molecule has 0 saturated heterocycles. The van der Waals surface area contributed by atoms with E-state index in [0.717, 1.165) is 17.5 Å². The van der Waals surface area contributed by atoms with Crippen LogP contribution in [0.3, 0.4) is 0 Å². The summed E-state index contributed by atoms with van der Waals surface area (Å²) in [5, 5.41) is 2.72. The van der Waals surface area contributed by atoms with Crippen LogP contribution in [0.25, 0.3) is 0 Å². The number of methoxy groups -OCH3 is 1. The van der Waals surface area contributed by atoms with Gasteiger partial charge in [0.1, 0.15) is 5.60 Å². The lowest BCUT2D eigenvalue weighted by molar-refractivity contribution is 0.0305. The Morgan fingerprint density at radius 1 is 1.33 bits per heavy atom. The number of rotatable bonds is 4. The summed E-state index contributed by atoms with van der Waals surface area (Å²) in [6, 6.07) is 5.60. The molecule has 6 nitrogen and oxygen atoms in total. The highest BCUT2D eigenvalue weighted by molar-refractivity contribution is 5.91. The van der Waals surface area contributed by atoms with Gasteiger partial charge in [0.25, 0.3) is 0 Å². The molecule has 0 aromatic heterocycles. The van der Waals surface area contributed by atoms with Gasteiger partial charge in [-0.2, -0.15) is 0 Å². The fourth-order valence-electron chi connectivity index (χ4n) is 2.74. The first kappa shape index (κ1) is 18.3. The first-order valence-electron chi connectivity index (χ1n) is 8.10. The lowest BCUT2D eigenvalue weighted by Gasteiger charge is -2.28. The molecule has 0 spiro atoms. The van der Waals surface area contributed by atoms with Crippen molar-refractivity contribution in [3.05, 3.63) is 34.9 Å². The fraction of sp³-hybridized carbons (Fsp3) is 0.556. The van der Waals surface area contributed by atoms with Crippen molar-refractivity contribution < 1.29 is 23.8 Å². The SMILES string of the molecule is COC(=O)c1cccc2c1C(CCNC(=O)OC(C)(C)C)OCC2. The second-order valence-corrected chi connectivity index (χ2v) is 6.70.